The molecule has 2 aromatic carbocycles. The fourth-order valence-electron chi connectivity index (χ4n) is 4.71. The summed E-state index contributed by atoms with van der Waals surface area (Å²) < 4.78 is 10.2. The zero-order valence-electron chi connectivity index (χ0n) is 24.5. The maximum atomic E-state index is 12.8. The average molecular weight is 603 g/mol. The number of benzene rings is 2. The van der Waals surface area contributed by atoms with Crippen molar-refractivity contribution in [3.05, 3.63) is 83.9 Å². The van der Waals surface area contributed by atoms with E-state index in [0.717, 1.165) is 20.9 Å². The van der Waals surface area contributed by atoms with Crippen molar-refractivity contribution in [1.29, 1.82) is 0 Å². The molecule has 0 bridgehead atoms. The Kier molecular flexibility index (Phi) is 10.9. The Balaban J connectivity index is 1.24. The predicted molar refractivity (Wildman–Crippen MR) is 159 cm³/mol. The summed E-state index contributed by atoms with van der Waals surface area (Å²) in [6.07, 6.45) is 5.58. The molecule has 0 aromatic heterocycles. The number of nitrogens with zero attached hydrogens (tertiary/aromatic N) is 4. The second kappa shape index (κ2) is 15.0. The van der Waals surface area contributed by atoms with Gasteiger partial charge in [0.05, 0.1) is 26.2 Å². The Morgan fingerprint density at radius 3 is 1.25 bits per heavy atom. The van der Waals surface area contributed by atoms with Crippen LogP contribution in [-0.2, 0) is 38.2 Å². The maximum absolute atomic E-state index is 12.8. The summed E-state index contributed by atoms with van der Waals surface area (Å²) in [4.78, 5) is 80.4. The zero-order valence-corrected chi connectivity index (χ0v) is 24.5. The second-order valence-corrected chi connectivity index (χ2v) is 10.4. The molecule has 4 rings (SSSR count). The summed E-state index contributed by atoms with van der Waals surface area (Å²) >= 11 is 0. The standard InChI is InChI=1S/C32H34N4O8/c1-23(33-17-27(37)35(28(38)18-33)21-43-31(41)15-13-25-9-5-3-6-10-25)24(2)34-19-29(39)36(30(40)20-34)22-44-32(42)16-14-26-11-7-4-8-12-26/h3-16,23-24H,17-22H2,1-2H3. The maximum Gasteiger partial charge on any atom is 0.332 e. The normalized spacial score (nSPS) is 18.2. The molecule has 2 heterocycles. The van der Waals surface area contributed by atoms with Gasteiger partial charge in [0.25, 0.3) is 0 Å². The molecular formula is C32H34N4O8. The molecule has 12 nitrogen and oxygen atoms in total. The van der Waals surface area contributed by atoms with Crippen LogP contribution in [0.2, 0.25) is 0 Å². The SMILES string of the molecule is CC(C(C)N1CC(=O)N(COC(=O)C=Cc2ccccc2)C(=O)C1)N1CC(=O)N(COC(=O)C=Cc2ccccc2)C(=O)C1. The minimum absolute atomic E-state index is 0.108. The summed E-state index contributed by atoms with van der Waals surface area (Å²) in [6, 6.07) is 17.5. The number of hydrogen-bond acceptors (Lipinski definition) is 10. The van der Waals surface area contributed by atoms with Gasteiger partial charge >= 0.3 is 11.9 Å². The molecule has 0 saturated carbocycles. The van der Waals surface area contributed by atoms with E-state index in [1.807, 2.05) is 60.7 Å². The van der Waals surface area contributed by atoms with E-state index in [1.165, 1.54) is 12.2 Å². The van der Waals surface area contributed by atoms with Crippen LogP contribution in [-0.4, -0.2) is 107 Å². The summed E-state index contributed by atoms with van der Waals surface area (Å²) in [7, 11) is 0. The molecule has 0 radical (unpaired) electrons. The highest BCUT2D eigenvalue weighted by Gasteiger charge is 2.39. The van der Waals surface area contributed by atoms with E-state index in [-0.39, 0.29) is 38.3 Å². The first-order valence-electron chi connectivity index (χ1n) is 14.1. The number of piperazine rings is 2. The van der Waals surface area contributed by atoms with Gasteiger partial charge in [-0.25, -0.2) is 19.4 Å². The number of ether oxygens (including phenoxy) is 2. The third kappa shape index (κ3) is 8.55. The lowest BCUT2D eigenvalue weighted by molar-refractivity contribution is -0.167. The molecule has 44 heavy (non-hydrogen) atoms. The van der Waals surface area contributed by atoms with Gasteiger partial charge in [-0.2, -0.15) is 0 Å². The zero-order chi connectivity index (χ0) is 31.6. The molecule has 2 unspecified atom stereocenters. The molecule has 2 atom stereocenters. The molecule has 0 N–H and O–H groups in total. The van der Waals surface area contributed by atoms with Crippen LogP contribution in [0.25, 0.3) is 12.2 Å². The second-order valence-electron chi connectivity index (χ2n) is 10.4. The van der Waals surface area contributed by atoms with Crippen molar-refractivity contribution in [1.82, 2.24) is 19.6 Å². The topological polar surface area (TPSA) is 134 Å². The van der Waals surface area contributed by atoms with E-state index >= 15 is 0 Å². The van der Waals surface area contributed by atoms with Crippen molar-refractivity contribution in [2.75, 3.05) is 39.6 Å². The molecule has 2 aromatic rings. The fraction of sp³-hybridized carbons (Fsp3) is 0.312. The molecule has 0 spiro atoms. The summed E-state index contributed by atoms with van der Waals surface area (Å²) in [5, 5.41) is 0. The number of carbonyl (C=O) groups excluding carboxylic acids is 6. The minimum atomic E-state index is -0.689. The first-order valence-corrected chi connectivity index (χ1v) is 14.1. The Bertz CT molecular complexity index is 1300. The van der Waals surface area contributed by atoms with Crippen LogP contribution >= 0.6 is 0 Å². The van der Waals surface area contributed by atoms with Gasteiger partial charge in [0.1, 0.15) is 0 Å². The molecule has 4 amide bonds. The largest absolute Gasteiger partial charge is 0.441 e. The van der Waals surface area contributed by atoms with Crippen LogP contribution in [0.15, 0.2) is 72.8 Å². The highest BCUT2D eigenvalue weighted by Crippen LogP contribution is 2.18. The molecule has 2 aliphatic heterocycles. The lowest BCUT2D eigenvalue weighted by Crippen LogP contribution is -2.63. The third-order valence-electron chi connectivity index (χ3n) is 7.50. The summed E-state index contributed by atoms with van der Waals surface area (Å²) in [6.45, 7) is 2.18. The first kappa shape index (κ1) is 32.0. The van der Waals surface area contributed by atoms with Crippen molar-refractivity contribution in [3.8, 4) is 0 Å². The van der Waals surface area contributed by atoms with E-state index in [2.05, 4.69) is 0 Å². The lowest BCUT2D eigenvalue weighted by atomic mass is 10.1. The number of carbonyl (C=O) groups is 6. The molecule has 0 aliphatic carbocycles. The van der Waals surface area contributed by atoms with Gasteiger partial charge in [0.2, 0.25) is 23.6 Å². The number of amides is 4. The number of imide groups is 2. The van der Waals surface area contributed by atoms with Crippen LogP contribution in [0.3, 0.4) is 0 Å². The van der Waals surface area contributed by atoms with Gasteiger partial charge < -0.3 is 9.47 Å². The van der Waals surface area contributed by atoms with Crippen LogP contribution in [0.5, 0.6) is 0 Å². The Morgan fingerprint density at radius 1 is 0.614 bits per heavy atom. The van der Waals surface area contributed by atoms with E-state index in [4.69, 9.17) is 9.47 Å². The van der Waals surface area contributed by atoms with Gasteiger partial charge in [-0.3, -0.25) is 29.0 Å². The third-order valence-corrected chi connectivity index (χ3v) is 7.50. The van der Waals surface area contributed by atoms with Crippen molar-refractivity contribution in [3.63, 3.8) is 0 Å². The van der Waals surface area contributed by atoms with Gasteiger partial charge in [-0.1, -0.05) is 60.7 Å². The minimum Gasteiger partial charge on any atom is -0.441 e. The van der Waals surface area contributed by atoms with Gasteiger partial charge in [-0.05, 0) is 37.1 Å². The van der Waals surface area contributed by atoms with Crippen LogP contribution < -0.4 is 0 Å². The van der Waals surface area contributed by atoms with Crippen LogP contribution in [0, 0.1) is 0 Å². The first-order chi connectivity index (χ1) is 21.1. The molecule has 2 fully saturated rings. The number of rotatable bonds is 11. The number of hydrogen-bond donors (Lipinski definition) is 0. The van der Waals surface area contributed by atoms with Crippen LogP contribution in [0.4, 0.5) is 0 Å². The quantitative estimate of drug-likeness (QED) is 0.212. The molecule has 2 saturated heterocycles. The monoisotopic (exact) mass is 602 g/mol. The van der Waals surface area contributed by atoms with Crippen LogP contribution in [0.1, 0.15) is 25.0 Å². The smallest absolute Gasteiger partial charge is 0.332 e. The van der Waals surface area contributed by atoms with Gasteiger partial charge in [0, 0.05) is 24.2 Å². The van der Waals surface area contributed by atoms with E-state index < -0.39 is 49.0 Å². The highest BCUT2D eigenvalue weighted by atomic mass is 16.5. The van der Waals surface area contributed by atoms with Gasteiger partial charge in [-0.15, -0.1) is 0 Å². The van der Waals surface area contributed by atoms with Crippen molar-refractivity contribution >= 4 is 47.7 Å². The highest BCUT2D eigenvalue weighted by molar-refractivity contribution is 6.00. The van der Waals surface area contributed by atoms with E-state index in [1.54, 1.807) is 35.8 Å². The van der Waals surface area contributed by atoms with E-state index in [0.29, 0.717) is 0 Å². The molecule has 2 aliphatic rings. The van der Waals surface area contributed by atoms with Crippen molar-refractivity contribution in [2.45, 2.75) is 25.9 Å². The number of esters is 2. The Morgan fingerprint density at radius 2 is 0.932 bits per heavy atom. The Hall–Kier alpha value is -4.94. The molecule has 12 heteroatoms. The summed E-state index contributed by atoms with van der Waals surface area (Å²) in [5.41, 5.74) is 1.60. The summed E-state index contributed by atoms with van der Waals surface area (Å²) in [5.74, 6) is -3.49. The van der Waals surface area contributed by atoms with Gasteiger partial charge in [0.15, 0.2) is 13.5 Å². The predicted octanol–water partition coefficient (Wildman–Crippen LogP) is 1.53. The molecule has 230 valence electrons. The average Bonchev–Trinajstić information content (AvgIpc) is 3.02. The van der Waals surface area contributed by atoms with E-state index in [9.17, 15) is 28.8 Å². The lowest BCUT2D eigenvalue weighted by Gasteiger charge is -2.43. The Labute approximate surface area is 255 Å². The molecular weight excluding hydrogens is 568 g/mol. The van der Waals surface area contributed by atoms with Crippen molar-refractivity contribution < 1.29 is 38.2 Å². The fourth-order valence-corrected chi connectivity index (χ4v) is 4.71. The van der Waals surface area contributed by atoms with Crippen molar-refractivity contribution in [2.24, 2.45) is 0 Å².